The summed E-state index contributed by atoms with van der Waals surface area (Å²) in [5.41, 5.74) is 2.13. The van der Waals surface area contributed by atoms with Gasteiger partial charge < -0.3 is 14.2 Å². The lowest BCUT2D eigenvalue weighted by atomic mass is 10.0. The summed E-state index contributed by atoms with van der Waals surface area (Å²) in [7, 11) is 1.53. The first-order valence-corrected chi connectivity index (χ1v) is 14.8. The van der Waals surface area contributed by atoms with E-state index in [1.165, 1.54) is 41.9 Å². The number of hydrogen-bond donors (Lipinski definition) is 0. The fourth-order valence-corrected chi connectivity index (χ4v) is 6.80. The van der Waals surface area contributed by atoms with E-state index in [2.05, 4.69) is 20.9 Å². The summed E-state index contributed by atoms with van der Waals surface area (Å²) >= 11 is 6.27. The van der Waals surface area contributed by atoms with Crippen molar-refractivity contribution in [2.24, 2.45) is 4.99 Å². The molecule has 0 bridgehead atoms. The molecule has 1 atom stereocenters. The molecule has 0 saturated heterocycles. The van der Waals surface area contributed by atoms with E-state index in [-0.39, 0.29) is 24.6 Å². The second kappa shape index (κ2) is 11.9. The summed E-state index contributed by atoms with van der Waals surface area (Å²) in [5.74, 6) is 0.151. The molecule has 1 aliphatic rings. The molecule has 0 aliphatic carbocycles. The molecule has 4 aromatic rings. The van der Waals surface area contributed by atoms with Crippen LogP contribution in [0, 0.1) is 5.82 Å². The molecular weight excluding hydrogens is 619 g/mol. The smallest absolute Gasteiger partial charge is 0.338 e. The lowest BCUT2D eigenvalue weighted by Crippen LogP contribution is -2.39. The average molecular weight is 644 g/mol. The Morgan fingerprint density at radius 2 is 2.00 bits per heavy atom. The highest BCUT2D eigenvalue weighted by molar-refractivity contribution is 9.10. The molecule has 3 heterocycles. The van der Waals surface area contributed by atoms with Gasteiger partial charge in [0.25, 0.3) is 5.56 Å². The van der Waals surface area contributed by atoms with E-state index in [0.717, 1.165) is 10.4 Å². The molecular formula is C29H24BrFN2O5S2. The third-order valence-corrected chi connectivity index (χ3v) is 8.67. The number of methoxy groups -OCH3 is 1. The van der Waals surface area contributed by atoms with Crippen LogP contribution >= 0.6 is 38.6 Å². The maximum Gasteiger partial charge on any atom is 0.338 e. The molecule has 40 heavy (non-hydrogen) atoms. The molecule has 0 N–H and O–H groups in total. The Labute approximate surface area is 245 Å². The molecule has 0 saturated carbocycles. The van der Waals surface area contributed by atoms with E-state index in [9.17, 15) is 14.0 Å². The number of nitrogens with zero attached hydrogens (tertiary/aromatic N) is 2. The molecule has 0 unspecified atom stereocenters. The second-order valence-electron chi connectivity index (χ2n) is 8.77. The summed E-state index contributed by atoms with van der Waals surface area (Å²) in [6.07, 6.45) is 1.76. The normalized spacial score (nSPS) is 15.0. The van der Waals surface area contributed by atoms with Gasteiger partial charge in [0, 0.05) is 4.88 Å². The van der Waals surface area contributed by atoms with Crippen LogP contribution in [0.15, 0.2) is 79.4 Å². The monoisotopic (exact) mass is 642 g/mol. The molecule has 11 heteroatoms. The largest absolute Gasteiger partial charge is 0.493 e. The van der Waals surface area contributed by atoms with Crippen LogP contribution in [-0.4, -0.2) is 24.3 Å². The van der Waals surface area contributed by atoms with Crippen molar-refractivity contribution in [1.29, 1.82) is 0 Å². The Morgan fingerprint density at radius 3 is 2.67 bits per heavy atom. The maximum atomic E-state index is 13.8. The minimum absolute atomic E-state index is 0.220. The first-order valence-electron chi connectivity index (χ1n) is 12.3. The van der Waals surface area contributed by atoms with E-state index in [0.29, 0.717) is 42.1 Å². The first-order chi connectivity index (χ1) is 19.3. The Hall–Kier alpha value is -3.54. The number of thiazole rings is 1. The number of benzene rings is 2. The number of fused-ring (bicyclic) bond motifs is 1. The van der Waals surface area contributed by atoms with Gasteiger partial charge in [-0.3, -0.25) is 9.36 Å². The van der Waals surface area contributed by atoms with Gasteiger partial charge in [-0.15, -0.1) is 11.3 Å². The summed E-state index contributed by atoms with van der Waals surface area (Å²) in [6, 6.07) is 12.8. The van der Waals surface area contributed by atoms with Gasteiger partial charge in [0.15, 0.2) is 16.3 Å². The number of carbonyl (C=O) groups is 1. The maximum absolute atomic E-state index is 13.8. The van der Waals surface area contributed by atoms with E-state index >= 15 is 0 Å². The number of aromatic nitrogens is 1. The molecule has 1 aliphatic heterocycles. The van der Waals surface area contributed by atoms with Gasteiger partial charge >= 0.3 is 5.97 Å². The highest BCUT2D eigenvalue weighted by Crippen LogP contribution is 2.37. The SMILES string of the molecule is CCOC(=O)C1=C(C)N=c2s/c(=C\c3cc(Br)c(OCc4ccc(F)cc4)c(OC)c3)c(=O)n2[C@@H]1c1cccs1. The summed E-state index contributed by atoms with van der Waals surface area (Å²) < 4.78 is 32.7. The van der Waals surface area contributed by atoms with Crippen LogP contribution in [0.3, 0.4) is 0 Å². The van der Waals surface area contributed by atoms with Gasteiger partial charge in [0.1, 0.15) is 18.5 Å². The number of hydrogen-bond acceptors (Lipinski definition) is 8. The van der Waals surface area contributed by atoms with Crippen molar-refractivity contribution in [2.45, 2.75) is 26.5 Å². The highest BCUT2D eigenvalue weighted by Gasteiger charge is 2.33. The topological polar surface area (TPSA) is 79.1 Å². The van der Waals surface area contributed by atoms with Crippen LogP contribution in [0.4, 0.5) is 4.39 Å². The Bertz CT molecular complexity index is 1780. The summed E-state index contributed by atoms with van der Waals surface area (Å²) in [6.45, 7) is 3.95. The molecule has 7 nitrogen and oxygen atoms in total. The van der Waals surface area contributed by atoms with Crippen LogP contribution in [-0.2, 0) is 16.1 Å². The quantitative estimate of drug-likeness (QED) is 0.242. The van der Waals surface area contributed by atoms with Gasteiger partial charge in [-0.25, -0.2) is 14.2 Å². The van der Waals surface area contributed by atoms with E-state index in [1.54, 1.807) is 42.7 Å². The zero-order valence-electron chi connectivity index (χ0n) is 21.8. The fourth-order valence-electron chi connectivity index (χ4n) is 4.36. The van der Waals surface area contributed by atoms with Gasteiger partial charge in [0.05, 0.1) is 34.0 Å². The van der Waals surface area contributed by atoms with Crippen molar-refractivity contribution >= 4 is 50.6 Å². The highest BCUT2D eigenvalue weighted by atomic mass is 79.9. The number of ether oxygens (including phenoxy) is 3. The third-order valence-electron chi connectivity index (χ3n) is 6.18. The van der Waals surface area contributed by atoms with Crippen molar-refractivity contribution < 1.29 is 23.4 Å². The zero-order valence-corrected chi connectivity index (χ0v) is 25.0. The molecule has 206 valence electrons. The molecule has 0 amide bonds. The van der Waals surface area contributed by atoms with Crippen molar-refractivity contribution in [1.82, 2.24) is 4.57 Å². The van der Waals surface area contributed by atoms with Crippen LogP contribution < -0.4 is 24.4 Å². The van der Waals surface area contributed by atoms with Crippen molar-refractivity contribution in [3.8, 4) is 11.5 Å². The second-order valence-corrected chi connectivity index (χ2v) is 11.6. The summed E-state index contributed by atoms with van der Waals surface area (Å²) in [4.78, 5) is 32.6. The Kier molecular flexibility index (Phi) is 8.34. The van der Waals surface area contributed by atoms with Crippen LogP contribution in [0.5, 0.6) is 11.5 Å². The number of rotatable bonds is 8. The predicted octanol–water partition coefficient (Wildman–Crippen LogP) is 5.35. The van der Waals surface area contributed by atoms with E-state index in [1.807, 2.05) is 23.6 Å². The molecule has 0 fully saturated rings. The van der Waals surface area contributed by atoms with Crippen LogP contribution in [0.1, 0.15) is 35.9 Å². The van der Waals surface area contributed by atoms with Gasteiger partial charge in [-0.2, -0.15) is 0 Å². The average Bonchev–Trinajstić information content (AvgIpc) is 3.56. The Balaban J connectivity index is 1.54. The molecule has 0 radical (unpaired) electrons. The minimum atomic E-state index is -0.624. The van der Waals surface area contributed by atoms with E-state index < -0.39 is 12.0 Å². The van der Waals surface area contributed by atoms with Crippen LogP contribution in [0.25, 0.3) is 6.08 Å². The first kappa shape index (κ1) is 28.0. The number of esters is 1. The predicted molar refractivity (Wildman–Crippen MR) is 156 cm³/mol. The zero-order chi connectivity index (χ0) is 28.4. The van der Waals surface area contributed by atoms with Crippen molar-refractivity contribution in [3.63, 3.8) is 0 Å². The standard InChI is InChI=1S/C29H24BrFN2O5S2/c1-4-37-28(35)24-16(2)32-29-33(25(24)22-6-5-11-39-22)27(34)23(40-29)14-18-12-20(30)26(21(13-18)36-3)38-15-17-7-9-19(31)10-8-17/h5-14,25H,4,15H2,1-3H3/b23-14-/t25-/m1/s1. The number of allylic oxidation sites excluding steroid dienone is 1. The molecule has 2 aromatic heterocycles. The number of thiophene rings is 1. The number of carbonyl (C=O) groups excluding carboxylic acids is 1. The molecule has 5 rings (SSSR count). The van der Waals surface area contributed by atoms with Crippen molar-refractivity contribution in [3.05, 3.63) is 111 Å². The number of halogens is 2. The van der Waals surface area contributed by atoms with E-state index in [4.69, 9.17) is 14.2 Å². The van der Waals surface area contributed by atoms with Crippen molar-refractivity contribution in [2.75, 3.05) is 13.7 Å². The fraction of sp³-hybridized carbons (Fsp3) is 0.207. The Morgan fingerprint density at radius 1 is 1.23 bits per heavy atom. The van der Waals surface area contributed by atoms with Gasteiger partial charge in [0.2, 0.25) is 0 Å². The third kappa shape index (κ3) is 5.54. The van der Waals surface area contributed by atoms with Gasteiger partial charge in [-0.05, 0) is 82.7 Å². The van der Waals surface area contributed by atoms with Gasteiger partial charge in [-0.1, -0.05) is 29.5 Å². The lowest BCUT2D eigenvalue weighted by Gasteiger charge is -2.23. The van der Waals surface area contributed by atoms with Crippen LogP contribution in [0.2, 0.25) is 0 Å². The molecule has 0 spiro atoms. The lowest BCUT2D eigenvalue weighted by molar-refractivity contribution is -0.139. The molecule has 2 aromatic carbocycles. The summed E-state index contributed by atoms with van der Waals surface area (Å²) in [5, 5.41) is 1.91. The minimum Gasteiger partial charge on any atom is -0.493 e.